The largest absolute Gasteiger partial charge is 0.230 e. The average molecular weight is 298 g/mol. The zero-order chi connectivity index (χ0) is 14.8. The number of hydrogen-bond acceptors (Lipinski definition) is 4. The molecule has 2 aromatic heterocycles. The first-order chi connectivity index (χ1) is 10.2. The number of fused-ring (bicyclic) bond motifs is 1. The maximum atomic E-state index is 4.54. The molecule has 0 saturated heterocycles. The lowest BCUT2D eigenvalue weighted by atomic mass is 10.3. The number of aryl methyl sites for hydroxylation is 1. The van der Waals surface area contributed by atoms with Crippen molar-refractivity contribution in [1.82, 2.24) is 20.0 Å². The van der Waals surface area contributed by atoms with Crippen LogP contribution in [0.2, 0.25) is 0 Å². The van der Waals surface area contributed by atoms with Crippen molar-refractivity contribution in [2.45, 2.75) is 37.5 Å². The molecule has 0 aliphatic rings. The molecule has 0 unspecified atom stereocenters. The summed E-state index contributed by atoms with van der Waals surface area (Å²) < 4.78 is 1.96. The van der Waals surface area contributed by atoms with Gasteiger partial charge in [0.15, 0.2) is 0 Å². The number of rotatable bonds is 4. The molecule has 4 nitrogen and oxygen atoms in total. The van der Waals surface area contributed by atoms with Gasteiger partial charge < -0.3 is 0 Å². The normalized spacial score (nSPS) is 12.7. The van der Waals surface area contributed by atoms with Gasteiger partial charge >= 0.3 is 0 Å². The Kier molecular flexibility index (Phi) is 3.92. The van der Waals surface area contributed by atoms with E-state index >= 15 is 0 Å². The van der Waals surface area contributed by atoms with Gasteiger partial charge in [-0.15, -0.1) is 5.10 Å². The van der Waals surface area contributed by atoms with Crippen molar-refractivity contribution in [2.24, 2.45) is 0 Å². The van der Waals surface area contributed by atoms with Crippen molar-refractivity contribution < 1.29 is 0 Å². The fourth-order valence-corrected chi connectivity index (χ4v) is 3.10. The molecule has 3 rings (SSSR count). The highest BCUT2D eigenvalue weighted by Crippen LogP contribution is 2.31. The minimum absolute atomic E-state index is 0.504. The van der Waals surface area contributed by atoms with Crippen LogP contribution >= 0.6 is 11.8 Å². The molecule has 0 fully saturated rings. The lowest BCUT2D eigenvalue weighted by molar-refractivity contribution is 0.856. The summed E-state index contributed by atoms with van der Waals surface area (Å²) in [6.45, 7) is 6.37. The fraction of sp³-hybridized carbons (Fsp3) is 0.312. The molecule has 1 aromatic carbocycles. The van der Waals surface area contributed by atoms with Crippen molar-refractivity contribution in [3.63, 3.8) is 0 Å². The summed E-state index contributed by atoms with van der Waals surface area (Å²) in [6.07, 6.45) is 2.98. The molecular weight excluding hydrogens is 280 g/mol. The van der Waals surface area contributed by atoms with Gasteiger partial charge in [-0.3, -0.25) is 0 Å². The summed E-state index contributed by atoms with van der Waals surface area (Å²) in [5.41, 5.74) is 3.02. The van der Waals surface area contributed by atoms with E-state index in [1.165, 1.54) is 0 Å². The predicted molar refractivity (Wildman–Crippen MR) is 87.0 cm³/mol. The van der Waals surface area contributed by atoms with Crippen LogP contribution in [0, 0.1) is 6.92 Å². The van der Waals surface area contributed by atoms with E-state index in [9.17, 15) is 0 Å². The molecule has 5 heteroatoms. The van der Waals surface area contributed by atoms with Crippen molar-refractivity contribution in [1.29, 1.82) is 0 Å². The highest BCUT2D eigenvalue weighted by atomic mass is 32.2. The third kappa shape index (κ3) is 2.65. The Morgan fingerprint density at radius 2 is 1.95 bits per heavy atom. The summed E-state index contributed by atoms with van der Waals surface area (Å²) in [7, 11) is 0. The second-order valence-corrected chi connectivity index (χ2v) is 6.51. The first kappa shape index (κ1) is 14.1. The third-order valence-corrected chi connectivity index (χ3v) is 4.77. The van der Waals surface area contributed by atoms with Gasteiger partial charge in [0.05, 0.1) is 17.6 Å². The van der Waals surface area contributed by atoms with Gasteiger partial charge in [-0.2, -0.15) is 10.2 Å². The molecule has 3 aromatic rings. The molecule has 0 N–H and O–H groups in total. The molecule has 1 atom stereocenters. The lowest BCUT2D eigenvalue weighted by Crippen LogP contribution is -2.02. The monoisotopic (exact) mass is 298 g/mol. The maximum Gasteiger partial charge on any atom is 0.145 e. The Balaban J connectivity index is 2.20. The zero-order valence-corrected chi connectivity index (χ0v) is 13.3. The van der Waals surface area contributed by atoms with E-state index in [-0.39, 0.29) is 0 Å². The smallest absolute Gasteiger partial charge is 0.145 e. The fourth-order valence-electron chi connectivity index (χ4n) is 2.16. The molecule has 2 heterocycles. The van der Waals surface area contributed by atoms with Crippen molar-refractivity contribution in [3.05, 3.63) is 42.2 Å². The van der Waals surface area contributed by atoms with Gasteiger partial charge in [-0.05, 0) is 25.5 Å². The van der Waals surface area contributed by atoms with E-state index < -0.39 is 0 Å². The average Bonchev–Trinajstić information content (AvgIpc) is 2.97. The lowest BCUT2D eigenvalue weighted by Gasteiger charge is -2.10. The van der Waals surface area contributed by atoms with Crippen molar-refractivity contribution in [2.75, 3.05) is 0 Å². The van der Waals surface area contributed by atoms with Crippen LogP contribution in [0.5, 0.6) is 0 Å². The zero-order valence-electron chi connectivity index (χ0n) is 12.4. The number of hydrogen-bond donors (Lipinski definition) is 0. The van der Waals surface area contributed by atoms with E-state index in [1.54, 1.807) is 11.8 Å². The minimum Gasteiger partial charge on any atom is -0.230 e. The molecule has 108 valence electrons. The second-order valence-electron chi connectivity index (χ2n) is 5.08. The molecule has 0 saturated carbocycles. The quantitative estimate of drug-likeness (QED) is 0.682. The molecule has 0 amide bonds. The van der Waals surface area contributed by atoms with Gasteiger partial charge in [0, 0.05) is 10.6 Å². The number of nitrogens with zero attached hydrogens (tertiary/aromatic N) is 4. The van der Waals surface area contributed by atoms with E-state index in [2.05, 4.69) is 41.3 Å². The number of thioether (sulfide) groups is 1. The van der Waals surface area contributed by atoms with Crippen LogP contribution in [0.4, 0.5) is 0 Å². The van der Waals surface area contributed by atoms with Crippen molar-refractivity contribution >= 4 is 22.7 Å². The van der Waals surface area contributed by atoms with Gasteiger partial charge in [0.1, 0.15) is 10.5 Å². The molecular formula is C16H18N4S. The highest BCUT2D eigenvalue weighted by Gasteiger charge is 2.16. The first-order valence-corrected chi connectivity index (χ1v) is 8.01. The third-order valence-electron chi connectivity index (χ3n) is 3.54. The first-order valence-electron chi connectivity index (χ1n) is 7.13. The topological polar surface area (TPSA) is 43.6 Å². The van der Waals surface area contributed by atoms with Crippen LogP contribution in [-0.2, 0) is 0 Å². The van der Waals surface area contributed by atoms with Gasteiger partial charge in [-0.25, -0.2) is 4.68 Å². The van der Waals surface area contributed by atoms with E-state index in [1.807, 2.05) is 36.0 Å². The van der Waals surface area contributed by atoms with Gasteiger partial charge in [0.25, 0.3) is 0 Å². The Bertz CT molecular complexity index is 752. The SMILES string of the molecule is CC[C@@H](C)Sc1nnc(C)c2cnn(-c3ccccc3)c12. The van der Waals surface area contributed by atoms with Gasteiger partial charge in [-0.1, -0.05) is 43.8 Å². The molecule has 0 spiro atoms. The summed E-state index contributed by atoms with van der Waals surface area (Å²) >= 11 is 1.76. The second kappa shape index (κ2) is 5.85. The Morgan fingerprint density at radius 3 is 2.67 bits per heavy atom. The van der Waals surface area contributed by atoms with Crippen LogP contribution in [0.25, 0.3) is 16.6 Å². The van der Waals surface area contributed by atoms with Crippen LogP contribution in [0.1, 0.15) is 26.0 Å². The molecule has 0 bridgehead atoms. The summed E-state index contributed by atoms with van der Waals surface area (Å²) in [5.74, 6) is 0. The van der Waals surface area contributed by atoms with Crippen LogP contribution in [0.15, 0.2) is 41.6 Å². The van der Waals surface area contributed by atoms with Crippen LogP contribution in [0.3, 0.4) is 0 Å². The Morgan fingerprint density at radius 1 is 1.19 bits per heavy atom. The standard InChI is InChI=1S/C16H18N4S/c1-4-11(2)21-16-15-14(12(3)18-19-16)10-17-20(15)13-8-6-5-7-9-13/h5-11H,4H2,1-3H3/t11-/m1/s1. The van der Waals surface area contributed by atoms with Gasteiger partial charge in [0.2, 0.25) is 0 Å². The molecule has 0 aliphatic carbocycles. The van der Waals surface area contributed by atoms with E-state index in [0.717, 1.165) is 33.7 Å². The summed E-state index contributed by atoms with van der Waals surface area (Å²) in [6, 6.07) is 10.2. The maximum absolute atomic E-state index is 4.54. The van der Waals surface area contributed by atoms with Crippen LogP contribution < -0.4 is 0 Å². The molecule has 0 radical (unpaired) electrons. The summed E-state index contributed by atoms with van der Waals surface area (Å²) in [4.78, 5) is 0. The molecule has 21 heavy (non-hydrogen) atoms. The van der Waals surface area contributed by atoms with Crippen LogP contribution in [-0.4, -0.2) is 25.2 Å². The Hall–Kier alpha value is -1.88. The van der Waals surface area contributed by atoms with E-state index in [4.69, 9.17) is 0 Å². The predicted octanol–water partition coefficient (Wildman–Crippen LogP) is 4.01. The van der Waals surface area contributed by atoms with Crippen molar-refractivity contribution in [3.8, 4) is 5.69 Å². The Labute approximate surface area is 128 Å². The summed E-state index contributed by atoms with van der Waals surface area (Å²) in [5, 5.41) is 15.7. The van der Waals surface area contributed by atoms with E-state index in [0.29, 0.717) is 5.25 Å². The number of para-hydroxylation sites is 1. The minimum atomic E-state index is 0.504. The molecule has 0 aliphatic heterocycles. The number of aromatic nitrogens is 4. The highest BCUT2D eigenvalue weighted by molar-refractivity contribution is 8.00. The number of benzene rings is 1.